The van der Waals surface area contributed by atoms with Crippen molar-refractivity contribution < 1.29 is 20.4 Å². The van der Waals surface area contributed by atoms with Gasteiger partial charge in [-0.25, -0.2) is 0 Å². The van der Waals surface area contributed by atoms with Crippen molar-refractivity contribution in [2.45, 2.75) is 51.9 Å². The molecule has 0 radical (unpaired) electrons. The van der Waals surface area contributed by atoms with E-state index in [-0.39, 0.29) is 13.2 Å². The van der Waals surface area contributed by atoms with Gasteiger partial charge in [0.2, 0.25) is 0 Å². The highest BCUT2D eigenvalue weighted by Gasteiger charge is 1.97. The third-order valence-corrected chi connectivity index (χ3v) is 2.56. The summed E-state index contributed by atoms with van der Waals surface area (Å²) in [6, 6.07) is 0. The van der Waals surface area contributed by atoms with E-state index in [1.165, 1.54) is 0 Å². The Morgan fingerprint density at radius 3 is 1.24 bits per heavy atom. The fraction of sp³-hybridized carbons (Fsp3) is 1.00. The minimum Gasteiger partial charge on any atom is -0.396 e. The number of unbranched alkanes of at least 4 members (excludes halogenated alkanes) is 4. The van der Waals surface area contributed by atoms with E-state index in [0.29, 0.717) is 19.1 Å². The van der Waals surface area contributed by atoms with Crippen LogP contribution in [-0.2, 0) is 0 Å². The molecule has 0 aliphatic heterocycles. The minimum absolute atomic E-state index is 0.237. The molecular weight excluding hydrogens is 220 g/mol. The molecule has 0 atom stereocenters. The molecule has 4 nitrogen and oxygen atoms in total. The lowest BCUT2D eigenvalue weighted by Gasteiger charge is -2.04. The first kappa shape index (κ1) is 19.2. The lowest BCUT2D eigenvalue weighted by atomic mass is 10.1. The van der Waals surface area contributed by atoms with Gasteiger partial charge in [-0.2, -0.15) is 0 Å². The molecule has 0 saturated heterocycles. The fourth-order valence-electron chi connectivity index (χ4n) is 1.34. The Morgan fingerprint density at radius 1 is 0.588 bits per heavy atom. The van der Waals surface area contributed by atoms with Crippen LogP contribution < -0.4 is 0 Å². The van der Waals surface area contributed by atoms with E-state index in [2.05, 4.69) is 0 Å². The second-order valence-electron chi connectivity index (χ2n) is 4.34. The zero-order valence-electron chi connectivity index (χ0n) is 11.1. The topological polar surface area (TPSA) is 80.9 Å². The maximum Gasteiger partial charge on any atom is 0.0433 e. The summed E-state index contributed by atoms with van der Waals surface area (Å²) in [6.45, 7) is 3.10. The van der Waals surface area contributed by atoms with Crippen LogP contribution in [0.4, 0.5) is 0 Å². The summed E-state index contributed by atoms with van der Waals surface area (Å²) in [4.78, 5) is 0. The van der Waals surface area contributed by atoms with E-state index in [1.807, 2.05) is 6.92 Å². The predicted molar refractivity (Wildman–Crippen MR) is 69.8 cm³/mol. The van der Waals surface area contributed by atoms with Gasteiger partial charge in [-0.05, 0) is 31.6 Å². The zero-order chi connectivity index (χ0) is 13.4. The summed E-state index contributed by atoms with van der Waals surface area (Å²) < 4.78 is 0. The molecule has 4 heteroatoms. The van der Waals surface area contributed by atoms with Crippen LogP contribution in [-0.4, -0.2) is 46.9 Å². The molecule has 0 saturated carbocycles. The van der Waals surface area contributed by atoms with Crippen LogP contribution in [0.25, 0.3) is 0 Å². The summed E-state index contributed by atoms with van der Waals surface area (Å²) in [5.41, 5.74) is 0. The molecule has 4 N–H and O–H groups in total. The lowest BCUT2D eigenvalue weighted by molar-refractivity contribution is 0.223. The maximum absolute atomic E-state index is 8.38. The van der Waals surface area contributed by atoms with Crippen molar-refractivity contribution in [1.29, 1.82) is 0 Å². The summed E-state index contributed by atoms with van der Waals surface area (Å²) in [5, 5.41) is 33.5. The van der Waals surface area contributed by atoms with E-state index in [4.69, 9.17) is 20.4 Å². The molecule has 0 heterocycles. The Balaban J connectivity index is 0. The van der Waals surface area contributed by atoms with Gasteiger partial charge < -0.3 is 20.4 Å². The van der Waals surface area contributed by atoms with Gasteiger partial charge in [0.05, 0.1) is 0 Å². The predicted octanol–water partition coefficient (Wildman–Crippen LogP) is 1.31. The number of rotatable bonds is 10. The third-order valence-electron chi connectivity index (χ3n) is 2.56. The molecule has 0 fully saturated rings. The smallest absolute Gasteiger partial charge is 0.0433 e. The van der Waals surface area contributed by atoms with Gasteiger partial charge >= 0.3 is 0 Å². The monoisotopic (exact) mass is 250 g/mol. The van der Waals surface area contributed by atoms with Crippen LogP contribution in [0.15, 0.2) is 0 Å². The molecule has 0 bridgehead atoms. The SMILES string of the molecule is CC(CCO)CCO.OCCCCCCCO. The van der Waals surface area contributed by atoms with E-state index in [1.54, 1.807) is 0 Å². The van der Waals surface area contributed by atoms with Gasteiger partial charge in [-0.15, -0.1) is 0 Å². The largest absolute Gasteiger partial charge is 0.396 e. The molecule has 0 aliphatic rings. The Labute approximate surface area is 105 Å². The highest BCUT2D eigenvalue weighted by atomic mass is 16.3. The first-order chi connectivity index (χ1) is 8.22. The van der Waals surface area contributed by atoms with Crippen molar-refractivity contribution in [3.05, 3.63) is 0 Å². The van der Waals surface area contributed by atoms with Gasteiger partial charge in [-0.3, -0.25) is 0 Å². The van der Waals surface area contributed by atoms with Crippen LogP contribution in [0.5, 0.6) is 0 Å². The molecule has 0 aromatic carbocycles. The fourth-order valence-corrected chi connectivity index (χ4v) is 1.34. The third kappa shape index (κ3) is 21.6. The van der Waals surface area contributed by atoms with E-state index >= 15 is 0 Å². The van der Waals surface area contributed by atoms with Crippen molar-refractivity contribution in [2.75, 3.05) is 26.4 Å². The normalized spacial score (nSPS) is 10.2. The summed E-state index contributed by atoms with van der Waals surface area (Å²) >= 11 is 0. The number of aliphatic hydroxyl groups excluding tert-OH is 4. The maximum atomic E-state index is 8.38. The molecule has 0 unspecified atom stereocenters. The second kappa shape index (κ2) is 18.2. The number of hydrogen-bond acceptors (Lipinski definition) is 4. The van der Waals surface area contributed by atoms with Crippen molar-refractivity contribution in [3.63, 3.8) is 0 Å². The minimum atomic E-state index is 0.237. The van der Waals surface area contributed by atoms with Gasteiger partial charge in [0.1, 0.15) is 0 Å². The number of aliphatic hydroxyl groups is 4. The van der Waals surface area contributed by atoms with Crippen LogP contribution in [0, 0.1) is 5.92 Å². The molecule has 0 spiro atoms. The highest BCUT2D eigenvalue weighted by molar-refractivity contribution is 4.49. The molecule has 17 heavy (non-hydrogen) atoms. The van der Waals surface area contributed by atoms with Crippen molar-refractivity contribution in [3.8, 4) is 0 Å². The number of hydrogen-bond donors (Lipinski definition) is 4. The van der Waals surface area contributed by atoms with Crippen molar-refractivity contribution in [1.82, 2.24) is 0 Å². The standard InChI is InChI=1S/C7H16O2.C6H14O2/c8-6-4-2-1-3-5-7-9;1-6(2-4-7)3-5-8/h8-9H,1-7H2;6-8H,2-5H2,1H3. The summed E-state index contributed by atoms with van der Waals surface area (Å²) in [7, 11) is 0. The Hall–Kier alpha value is -0.160. The average molecular weight is 250 g/mol. The quantitative estimate of drug-likeness (QED) is 0.441. The molecule has 0 aliphatic carbocycles. The Morgan fingerprint density at radius 2 is 0.941 bits per heavy atom. The van der Waals surface area contributed by atoms with Crippen LogP contribution >= 0.6 is 0 Å². The zero-order valence-corrected chi connectivity index (χ0v) is 11.1. The molecule has 106 valence electrons. The molecule has 0 amide bonds. The highest BCUT2D eigenvalue weighted by Crippen LogP contribution is 2.04. The Bertz CT molecular complexity index is 108. The van der Waals surface area contributed by atoms with Gasteiger partial charge in [-0.1, -0.05) is 26.2 Å². The van der Waals surface area contributed by atoms with E-state index in [0.717, 1.165) is 44.9 Å². The molecular formula is C13H30O4. The first-order valence-electron chi connectivity index (χ1n) is 6.66. The second-order valence-corrected chi connectivity index (χ2v) is 4.34. The van der Waals surface area contributed by atoms with Crippen molar-refractivity contribution >= 4 is 0 Å². The first-order valence-corrected chi connectivity index (χ1v) is 6.66. The van der Waals surface area contributed by atoms with Crippen LogP contribution in [0.1, 0.15) is 51.9 Å². The van der Waals surface area contributed by atoms with E-state index < -0.39 is 0 Å². The molecule has 0 aromatic heterocycles. The summed E-state index contributed by atoms with van der Waals surface area (Å²) in [5.74, 6) is 0.463. The van der Waals surface area contributed by atoms with Gasteiger partial charge in [0.15, 0.2) is 0 Å². The summed E-state index contributed by atoms with van der Waals surface area (Å²) in [6.07, 6.45) is 6.76. The van der Waals surface area contributed by atoms with Crippen LogP contribution in [0.3, 0.4) is 0 Å². The average Bonchev–Trinajstić information content (AvgIpc) is 2.31. The van der Waals surface area contributed by atoms with Crippen molar-refractivity contribution in [2.24, 2.45) is 5.92 Å². The molecule has 0 aromatic rings. The van der Waals surface area contributed by atoms with Gasteiger partial charge in [0, 0.05) is 26.4 Å². The van der Waals surface area contributed by atoms with E-state index in [9.17, 15) is 0 Å². The lowest BCUT2D eigenvalue weighted by Crippen LogP contribution is -1.99. The van der Waals surface area contributed by atoms with Gasteiger partial charge in [0.25, 0.3) is 0 Å². The van der Waals surface area contributed by atoms with Crippen LogP contribution in [0.2, 0.25) is 0 Å². The Kier molecular flexibility index (Phi) is 20.6. The molecule has 0 rings (SSSR count).